The summed E-state index contributed by atoms with van der Waals surface area (Å²) >= 11 is 0. The molecule has 1 heterocycles. The van der Waals surface area contributed by atoms with Crippen LogP contribution in [0.25, 0.3) is 6.08 Å². The summed E-state index contributed by atoms with van der Waals surface area (Å²) in [4.78, 5) is 25.4. The van der Waals surface area contributed by atoms with Crippen LogP contribution in [0.3, 0.4) is 0 Å². The Morgan fingerprint density at radius 3 is 2.65 bits per heavy atom. The zero-order chi connectivity index (χ0) is 19.1. The Hall–Kier alpha value is -3.22. The number of nitrogens with zero attached hydrogens (tertiary/aromatic N) is 2. The van der Waals surface area contributed by atoms with Crippen molar-refractivity contribution in [3.8, 4) is 11.6 Å². The molecule has 1 aromatic heterocycles. The van der Waals surface area contributed by atoms with Gasteiger partial charge in [-0.25, -0.2) is 9.78 Å². The molecule has 136 valence electrons. The van der Waals surface area contributed by atoms with E-state index in [0.29, 0.717) is 17.7 Å². The second-order valence-corrected chi connectivity index (χ2v) is 5.81. The highest BCUT2D eigenvalue weighted by Crippen LogP contribution is 2.25. The molecule has 7 nitrogen and oxygen atoms in total. The van der Waals surface area contributed by atoms with Crippen molar-refractivity contribution in [3.05, 3.63) is 63.3 Å². The third-order valence-corrected chi connectivity index (χ3v) is 3.80. The quantitative estimate of drug-likeness (QED) is 0.416. The van der Waals surface area contributed by atoms with E-state index in [9.17, 15) is 20.0 Å². The minimum atomic E-state index is -0.909. The number of benzene rings is 1. The summed E-state index contributed by atoms with van der Waals surface area (Å²) in [5.41, 5.74) is 1.94. The number of pyridine rings is 1. The van der Waals surface area contributed by atoms with Gasteiger partial charge in [0.15, 0.2) is 0 Å². The first-order valence-electron chi connectivity index (χ1n) is 8.23. The van der Waals surface area contributed by atoms with Crippen molar-refractivity contribution in [2.45, 2.75) is 33.1 Å². The first kappa shape index (κ1) is 19.1. The zero-order valence-electron chi connectivity index (χ0n) is 14.6. The van der Waals surface area contributed by atoms with Crippen LogP contribution in [0.4, 0.5) is 5.69 Å². The molecule has 1 aromatic carbocycles. The fourth-order valence-electron chi connectivity index (χ4n) is 2.33. The van der Waals surface area contributed by atoms with Crippen LogP contribution < -0.4 is 4.74 Å². The molecule has 2 rings (SSSR count). The summed E-state index contributed by atoms with van der Waals surface area (Å²) in [7, 11) is 0. The summed E-state index contributed by atoms with van der Waals surface area (Å²) in [5.74, 6) is -0.146. The van der Waals surface area contributed by atoms with Crippen molar-refractivity contribution >= 4 is 17.7 Å². The standard InChI is InChI=1S/C19H20N2O5/c1-3-4-5-15(19(22)23)11-14-6-8-17(10-13(14)2)26-18-9-7-16(12-20-18)21(24)25/h6-12H,3-5H2,1-2H3,(H,22,23)/b15-11+. The van der Waals surface area contributed by atoms with Crippen LogP contribution in [0, 0.1) is 17.0 Å². The van der Waals surface area contributed by atoms with E-state index >= 15 is 0 Å². The second kappa shape index (κ2) is 8.75. The highest BCUT2D eigenvalue weighted by molar-refractivity contribution is 5.92. The van der Waals surface area contributed by atoms with Gasteiger partial charge in [-0.1, -0.05) is 19.4 Å². The van der Waals surface area contributed by atoms with Crippen molar-refractivity contribution in [1.82, 2.24) is 4.98 Å². The number of nitro groups is 1. The van der Waals surface area contributed by atoms with Crippen LogP contribution >= 0.6 is 0 Å². The molecule has 0 fully saturated rings. The fourth-order valence-corrected chi connectivity index (χ4v) is 2.33. The lowest BCUT2D eigenvalue weighted by atomic mass is 10.0. The summed E-state index contributed by atoms with van der Waals surface area (Å²) in [6.07, 6.45) is 5.09. The Bertz CT molecular complexity index is 828. The van der Waals surface area contributed by atoms with Gasteiger partial charge in [0, 0.05) is 17.7 Å². The van der Waals surface area contributed by atoms with Gasteiger partial charge < -0.3 is 9.84 Å². The molecule has 7 heteroatoms. The molecule has 0 radical (unpaired) electrons. The molecule has 0 aliphatic rings. The first-order chi connectivity index (χ1) is 12.4. The molecule has 0 spiro atoms. The van der Waals surface area contributed by atoms with Gasteiger partial charge in [0.2, 0.25) is 5.88 Å². The topological polar surface area (TPSA) is 103 Å². The van der Waals surface area contributed by atoms with Crippen molar-refractivity contribution < 1.29 is 19.6 Å². The molecule has 0 aliphatic heterocycles. The Kier molecular flexibility index (Phi) is 6.43. The van der Waals surface area contributed by atoms with Gasteiger partial charge in [0.05, 0.1) is 4.92 Å². The average molecular weight is 356 g/mol. The number of aliphatic carboxylic acids is 1. The molecule has 0 atom stereocenters. The molecule has 2 aromatic rings. The van der Waals surface area contributed by atoms with Gasteiger partial charge in [-0.2, -0.15) is 0 Å². The number of rotatable bonds is 8. The van der Waals surface area contributed by atoms with E-state index in [-0.39, 0.29) is 11.6 Å². The SMILES string of the molecule is CCCC/C(=C\c1ccc(Oc2ccc([N+](=O)[O-])cn2)cc1C)C(=O)O. The Labute approximate surface area is 151 Å². The van der Waals surface area contributed by atoms with Crippen LogP contribution in [0.2, 0.25) is 0 Å². The van der Waals surface area contributed by atoms with Gasteiger partial charge in [-0.15, -0.1) is 0 Å². The van der Waals surface area contributed by atoms with E-state index in [1.165, 1.54) is 12.1 Å². The summed E-state index contributed by atoms with van der Waals surface area (Å²) in [6.45, 7) is 3.88. The monoisotopic (exact) mass is 356 g/mol. The van der Waals surface area contributed by atoms with Crippen LogP contribution in [-0.4, -0.2) is 21.0 Å². The summed E-state index contributed by atoms with van der Waals surface area (Å²) in [5, 5.41) is 19.9. The van der Waals surface area contributed by atoms with Crippen molar-refractivity contribution in [1.29, 1.82) is 0 Å². The molecule has 0 saturated heterocycles. The van der Waals surface area contributed by atoms with Gasteiger partial charge in [-0.3, -0.25) is 10.1 Å². The fraction of sp³-hybridized carbons (Fsp3) is 0.263. The number of aryl methyl sites for hydroxylation is 1. The van der Waals surface area contributed by atoms with Gasteiger partial charge in [0.1, 0.15) is 11.9 Å². The molecular weight excluding hydrogens is 336 g/mol. The number of carboxylic acids is 1. The Morgan fingerprint density at radius 1 is 1.35 bits per heavy atom. The Balaban J connectivity index is 2.18. The Morgan fingerprint density at radius 2 is 2.12 bits per heavy atom. The number of unbranched alkanes of at least 4 members (excludes halogenated alkanes) is 1. The van der Waals surface area contributed by atoms with E-state index in [2.05, 4.69) is 4.98 Å². The average Bonchev–Trinajstić information content (AvgIpc) is 2.60. The molecular formula is C19H20N2O5. The molecule has 0 aliphatic carbocycles. The zero-order valence-corrected chi connectivity index (χ0v) is 14.6. The van der Waals surface area contributed by atoms with Gasteiger partial charge in [-0.05, 0) is 49.1 Å². The van der Waals surface area contributed by atoms with Gasteiger partial charge in [0.25, 0.3) is 5.69 Å². The minimum absolute atomic E-state index is 0.109. The molecule has 0 unspecified atom stereocenters. The minimum Gasteiger partial charge on any atom is -0.478 e. The van der Waals surface area contributed by atoms with Crippen LogP contribution in [-0.2, 0) is 4.79 Å². The first-order valence-corrected chi connectivity index (χ1v) is 8.23. The second-order valence-electron chi connectivity index (χ2n) is 5.81. The predicted molar refractivity (Wildman–Crippen MR) is 97.3 cm³/mol. The molecule has 0 saturated carbocycles. The van der Waals surface area contributed by atoms with Crippen molar-refractivity contribution in [2.75, 3.05) is 0 Å². The molecule has 26 heavy (non-hydrogen) atoms. The van der Waals surface area contributed by atoms with Crippen LogP contribution in [0.1, 0.15) is 37.3 Å². The number of aromatic nitrogens is 1. The number of hydrogen-bond donors (Lipinski definition) is 1. The van der Waals surface area contributed by atoms with E-state index in [1.807, 2.05) is 13.8 Å². The third kappa shape index (κ3) is 5.14. The normalized spacial score (nSPS) is 11.2. The van der Waals surface area contributed by atoms with E-state index < -0.39 is 10.9 Å². The smallest absolute Gasteiger partial charge is 0.331 e. The van der Waals surface area contributed by atoms with E-state index in [0.717, 1.165) is 30.2 Å². The summed E-state index contributed by atoms with van der Waals surface area (Å²) in [6, 6.07) is 8.01. The van der Waals surface area contributed by atoms with Crippen LogP contribution in [0.5, 0.6) is 11.6 Å². The number of carboxylic acid groups (broad SMARTS) is 1. The van der Waals surface area contributed by atoms with Crippen LogP contribution in [0.15, 0.2) is 42.1 Å². The number of carbonyl (C=O) groups is 1. The molecule has 1 N–H and O–H groups in total. The maximum Gasteiger partial charge on any atom is 0.331 e. The number of hydrogen-bond acceptors (Lipinski definition) is 5. The third-order valence-electron chi connectivity index (χ3n) is 3.80. The molecule has 0 bridgehead atoms. The lowest BCUT2D eigenvalue weighted by Gasteiger charge is -2.08. The summed E-state index contributed by atoms with van der Waals surface area (Å²) < 4.78 is 5.60. The predicted octanol–water partition coefficient (Wildman–Crippen LogP) is 4.75. The molecule has 0 amide bonds. The maximum atomic E-state index is 11.4. The lowest BCUT2D eigenvalue weighted by Crippen LogP contribution is -2.00. The largest absolute Gasteiger partial charge is 0.478 e. The van der Waals surface area contributed by atoms with Gasteiger partial charge >= 0.3 is 5.97 Å². The van der Waals surface area contributed by atoms with E-state index in [1.54, 1.807) is 24.3 Å². The maximum absolute atomic E-state index is 11.4. The van der Waals surface area contributed by atoms with Crippen molar-refractivity contribution in [2.24, 2.45) is 0 Å². The number of ether oxygens (including phenoxy) is 1. The highest BCUT2D eigenvalue weighted by Gasteiger charge is 2.10. The highest BCUT2D eigenvalue weighted by atomic mass is 16.6. The lowest BCUT2D eigenvalue weighted by molar-refractivity contribution is -0.385. The van der Waals surface area contributed by atoms with E-state index in [4.69, 9.17) is 4.74 Å². The van der Waals surface area contributed by atoms with Crippen molar-refractivity contribution in [3.63, 3.8) is 0 Å².